The van der Waals surface area contributed by atoms with Gasteiger partial charge in [-0.1, -0.05) is 0 Å². The average Bonchev–Trinajstić information content (AvgIpc) is 2.82. The summed E-state index contributed by atoms with van der Waals surface area (Å²) in [6.07, 6.45) is 0. The van der Waals surface area contributed by atoms with Crippen LogP contribution in [0.2, 0.25) is 0 Å². The van der Waals surface area contributed by atoms with Gasteiger partial charge in [0.05, 0.1) is 23.4 Å². The summed E-state index contributed by atoms with van der Waals surface area (Å²) >= 11 is 0. The second-order valence-corrected chi connectivity index (χ2v) is 6.11. The third-order valence-electron chi connectivity index (χ3n) is 3.82. The first kappa shape index (κ1) is 17.4. The van der Waals surface area contributed by atoms with E-state index in [0.29, 0.717) is 11.4 Å². The molecule has 0 spiro atoms. The van der Waals surface area contributed by atoms with Crippen LogP contribution in [-0.4, -0.2) is 47.8 Å². The quantitative estimate of drug-likeness (QED) is 0.652. The van der Waals surface area contributed by atoms with Crippen molar-refractivity contribution in [2.45, 2.75) is 0 Å². The molecule has 0 radical (unpaired) electrons. The van der Waals surface area contributed by atoms with Crippen LogP contribution in [0.3, 0.4) is 0 Å². The lowest BCUT2D eigenvalue weighted by atomic mass is 10.1. The highest BCUT2D eigenvalue weighted by atomic mass is 16.2. The number of hydrogen-bond acceptors (Lipinski definition) is 6. The Morgan fingerprint density at radius 2 is 1.81 bits per heavy atom. The summed E-state index contributed by atoms with van der Waals surface area (Å²) in [6, 6.07) is 7.49. The van der Waals surface area contributed by atoms with Crippen LogP contribution in [0.5, 0.6) is 0 Å². The normalized spacial score (nSPS) is 12.9. The number of anilines is 2. The van der Waals surface area contributed by atoms with Crippen LogP contribution < -0.4 is 21.9 Å². The summed E-state index contributed by atoms with van der Waals surface area (Å²) in [4.78, 5) is 49.4. The van der Waals surface area contributed by atoms with Crippen molar-refractivity contribution in [1.82, 2.24) is 14.8 Å². The fraction of sp³-hybridized carbons (Fsp3) is 0.176. The first-order valence-corrected chi connectivity index (χ1v) is 7.74. The lowest BCUT2D eigenvalue weighted by molar-refractivity contribution is -0.116. The molecule has 0 bridgehead atoms. The first-order chi connectivity index (χ1) is 12.3. The number of carbonyl (C=O) groups excluding carboxylic acids is 3. The van der Waals surface area contributed by atoms with Crippen LogP contribution in [0.25, 0.3) is 5.69 Å². The van der Waals surface area contributed by atoms with Crippen LogP contribution in [0.1, 0.15) is 20.7 Å². The Kier molecular flexibility index (Phi) is 4.31. The minimum absolute atomic E-state index is 0.0158. The largest absolute Gasteiger partial charge is 0.384 e. The van der Waals surface area contributed by atoms with Gasteiger partial charge in [-0.15, -0.1) is 0 Å². The second-order valence-electron chi connectivity index (χ2n) is 6.11. The summed E-state index contributed by atoms with van der Waals surface area (Å²) in [5, 5.41) is 4.84. The Labute approximate surface area is 148 Å². The predicted molar refractivity (Wildman–Crippen MR) is 95.4 cm³/mol. The molecule has 0 saturated heterocycles. The average molecular weight is 355 g/mol. The first-order valence-electron chi connectivity index (χ1n) is 7.74. The van der Waals surface area contributed by atoms with Crippen molar-refractivity contribution in [2.24, 2.45) is 0 Å². The highest BCUT2D eigenvalue weighted by Gasteiger charge is 2.31. The molecule has 26 heavy (non-hydrogen) atoms. The minimum atomic E-state index is -0.639. The molecule has 1 aliphatic heterocycles. The molecule has 9 heteroatoms. The maximum Gasteiger partial charge on any atom is 0.262 e. The monoisotopic (exact) mass is 355 g/mol. The molecule has 2 heterocycles. The topological polar surface area (TPSA) is 127 Å². The fourth-order valence-electron chi connectivity index (χ4n) is 2.73. The zero-order chi connectivity index (χ0) is 19.0. The number of benzene rings is 1. The molecule has 0 atom stereocenters. The molecular weight excluding hydrogens is 338 g/mol. The molecule has 0 aliphatic carbocycles. The molecule has 0 fully saturated rings. The molecular formula is C17H17N5O4. The second kappa shape index (κ2) is 6.45. The lowest BCUT2D eigenvalue weighted by Gasteiger charge is -2.13. The van der Waals surface area contributed by atoms with E-state index in [-0.39, 0.29) is 29.4 Å². The number of rotatable bonds is 4. The van der Waals surface area contributed by atoms with Crippen molar-refractivity contribution in [3.63, 3.8) is 0 Å². The molecule has 1 aliphatic rings. The number of amides is 3. The summed E-state index contributed by atoms with van der Waals surface area (Å²) in [6.45, 7) is 0.238. The highest BCUT2D eigenvalue weighted by molar-refractivity contribution is 6.23. The predicted octanol–water partition coefficient (Wildman–Crippen LogP) is -0.197. The standard InChI is InChI=1S/C17H17N5O4/c1-21(2)8-12(23)19-9-3-5-10(6-4-9)22-13(24)7-11-14(15(22)18)17(26)20-16(11)25/h3-7H,8,18H2,1-2H3,(H,19,23)(H,20,25,26). The third kappa shape index (κ3) is 3.07. The van der Waals surface area contributed by atoms with Gasteiger partial charge < -0.3 is 16.0 Å². The number of fused-ring (bicyclic) bond motifs is 1. The summed E-state index contributed by atoms with van der Waals surface area (Å²) < 4.78 is 1.14. The molecule has 3 rings (SSSR count). The number of nitrogen functional groups attached to an aromatic ring is 1. The smallest absolute Gasteiger partial charge is 0.262 e. The van der Waals surface area contributed by atoms with Gasteiger partial charge in [0.25, 0.3) is 17.4 Å². The maximum atomic E-state index is 12.4. The molecule has 2 aromatic rings. The molecule has 9 nitrogen and oxygen atoms in total. The van der Waals surface area contributed by atoms with Crippen molar-refractivity contribution in [3.05, 3.63) is 51.8 Å². The van der Waals surface area contributed by atoms with Gasteiger partial charge in [-0.3, -0.25) is 29.1 Å². The van der Waals surface area contributed by atoms with Gasteiger partial charge in [0, 0.05) is 11.8 Å². The molecule has 1 aromatic carbocycles. The van der Waals surface area contributed by atoms with E-state index in [1.165, 1.54) is 0 Å². The van der Waals surface area contributed by atoms with Crippen molar-refractivity contribution < 1.29 is 14.4 Å². The number of pyridine rings is 1. The number of nitrogens with one attached hydrogen (secondary N) is 2. The Bertz CT molecular complexity index is 976. The summed E-state index contributed by atoms with van der Waals surface area (Å²) in [7, 11) is 3.57. The highest BCUT2D eigenvalue weighted by Crippen LogP contribution is 2.23. The van der Waals surface area contributed by atoms with E-state index in [1.54, 1.807) is 43.3 Å². The molecule has 1 aromatic heterocycles. The van der Waals surface area contributed by atoms with E-state index in [1.807, 2.05) is 0 Å². The lowest BCUT2D eigenvalue weighted by Crippen LogP contribution is -2.27. The van der Waals surface area contributed by atoms with E-state index in [9.17, 15) is 19.2 Å². The Morgan fingerprint density at radius 1 is 1.15 bits per heavy atom. The van der Waals surface area contributed by atoms with E-state index in [0.717, 1.165) is 10.6 Å². The van der Waals surface area contributed by atoms with Gasteiger partial charge in [-0.25, -0.2) is 0 Å². The van der Waals surface area contributed by atoms with E-state index in [4.69, 9.17) is 5.73 Å². The molecule has 3 amide bonds. The number of nitrogens with two attached hydrogens (primary N) is 1. The Balaban J connectivity index is 1.95. The SMILES string of the molecule is CN(C)CC(=O)Nc1ccc(-n2c(N)c3c(cc2=O)C(=O)NC3=O)cc1. The Hall–Kier alpha value is -3.46. The van der Waals surface area contributed by atoms with Crippen LogP contribution in [0, 0.1) is 0 Å². The molecule has 0 unspecified atom stereocenters. The van der Waals surface area contributed by atoms with Crippen molar-refractivity contribution in [3.8, 4) is 5.69 Å². The van der Waals surface area contributed by atoms with E-state index >= 15 is 0 Å². The number of nitrogens with zero attached hydrogens (tertiary/aromatic N) is 2. The number of hydrogen-bond donors (Lipinski definition) is 3. The van der Waals surface area contributed by atoms with E-state index < -0.39 is 17.4 Å². The van der Waals surface area contributed by atoms with Gasteiger partial charge in [0.15, 0.2) is 0 Å². The number of carbonyl (C=O) groups is 3. The van der Waals surface area contributed by atoms with Gasteiger partial charge in [0.1, 0.15) is 5.82 Å². The van der Waals surface area contributed by atoms with Gasteiger partial charge in [0.2, 0.25) is 5.91 Å². The molecule has 4 N–H and O–H groups in total. The van der Waals surface area contributed by atoms with Crippen LogP contribution in [0.15, 0.2) is 35.1 Å². The van der Waals surface area contributed by atoms with Crippen molar-refractivity contribution in [2.75, 3.05) is 31.7 Å². The number of likely N-dealkylation sites (N-methyl/N-ethyl adjacent to an activating group) is 1. The third-order valence-corrected chi connectivity index (χ3v) is 3.82. The van der Waals surface area contributed by atoms with E-state index in [2.05, 4.69) is 10.6 Å². The van der Waals surface area contributed by atoms with Gasteiger partial charge >= 0.3 is 0 Å². The maximum absolute atomic E-state index is 12.4. The molecule has 0 saturated carbocycles. The van der Waals surface area contributed by atoms with Crippen LogP contribution >= 0.6 is 0 Å². The van der Waals surface area contributed by atoms with Gasteiger partial charge in [-0.05, 0) is 38.4 Å². The zero-order valence-electron chi connectivity index (χ0n) is 14.2. The zero-order valence-corrected chi connectivity index (χ0v) is 14.2. The minimum Gasteiger partial charge on any atom is -0.384 e. The number of imide groups is 1. The van der Waals surface area contributed by atoms with Gasteiger partial charge in [-0.2, -0.15) is 0 Å². The molecule has 134 valence electrons. The summed E-state index contributed by atoms with van der Waals surface area (Å²) in [5.41, 5.74) is 6.36. The van der Waals surface area contributed by atoms with Crippen molar-refractivity contribution in [1.29, 1.82) is 0 Å². The fourth-order valence-corrected chi connectivity index (χ4v) is 2.73. The summed E-state index contributed by atoms with van der Waals surface area (Å²) in [5.74, 6) is -1.56. The number of aromatic nitrogens is 1. The van der Waals surface area contributed by atoms with Crippen LogP contribution in [-0.2, 0) is 4.79 Å². The Morgan fingerprint density at radius 3 is 2.42 bits per heavy atom. The van der Waals surface area contributed by atoms with Crippen molar-refractivity contribution >= 4 is 29.2 Å². The van der Waals surface area contributed by atoms with Crippen LogP contribution in [0.4, 0.5) is 11.5 Å².